The van der Waals surface area contributed by atoms with Crippen molar-refractivity contribution in [2.24, 2.45) is 0 Å². The number of ether oxygens (including phenoxy) is 1. The van der Waals surface area contributed by atoms with Gasteiger partial charge in [0.25, 0.3) is 10.0 Å². The number of aromatic hydroxyl groups is 1. The molecule has 0 atom stereocenters. The van der Waals surface area contributed by atoms with Gasteiger partial charge in [-0.3, -0.25) is 4.72 Å². The van der Waals surface area contributed by atoms with E-state index >= 15 is 0 Å². The molecule has 11 heteroatoms. The van der Waals surface area contributed by atoms with Gasteiger partial charge in [-0.15, -0.1) is 11.3 Å². The molecule has 2 N–H and O–H groups in total. The number of methoxy groups -OCH3 is 1. The highest BCUT2D eigenvalue weighted by atomic mass is 32.2. The van der Waals surface area contributed by atoms with Crippen molar-refractivity contribution in [3.63, 3.8) is 0 Å². The molecule has 3 aromatic rings. The lowest BCUT2D eigenvalue weighted by Gasteiger charge is -2.13. The molecular formula is C21H24N2O6S3. The predicted octanol–water partition coefficient (Wildman–Crippen LogP) is 3.96. The van der Waals surface area contributed by atoms with E-state index < -0.39 is 25.1 Å². The van der Waals surface area contributed by atoms with Crippen LogP contribution < -0.4 is 9.46 Å². The van der Waals surface area contributed by atoms with E-state index in [2.05, 4.69) is 9.71 Å². The molecule has 0 aliphatic carbocycles. The van der Waals surface area contributed by atoms with Gasteiger partial charge in [0.2, 0.25) is 0 Å². The van der Waals surface area contributed by atoms with Gasteiger partial charge in [0, 0.05) is 5.69 Å². The van der Waals surface area contributed by atoms with Crippen LogP contribution in [0.4, 0.5) is 5.69 Å². The molecule has 0 amide bonds. The number of sulfone groups is 1. The van der Waals surface area contributed by atoms with E-state index in [0.717, 1.165) is 0 Å². The summed E-state index contributed by atoms with van der Waals surface area (Å²) in [6.45, 7) is 5.00. The minimum absolute atomic E-state index is 0.0171. The fourth-order valence-corrected chi connectivity index (χ4v) is 6.47. The van der Waals surface area contributed by atoms with Gasteiger partial charge >= 0.3 is 0 Å². The number of phenolic OH excluding ortho intramolecular Hbond substituents is 1. The first-order valence-corrected chi connectivity index (χ1v) is 13.6. The molecule has 0 bridgehead atoms. The zero-order chi connectivity index (χ0) is 23.7. The maximum atomic E-state index is 13.1. The second kappa shape index (κ2) is 9.08. The highest BCUT2D eigenvalue weighted by Crippen LogP contribution is 2.36. The molecule has 0 spiro atoms. The molecule has 0 aliphatic heterocycles. The molecule has 1 aromatic heterocycles. The van der Waals surface area contributed by atoms with Crippen LogP contribution in [0.5, 0.6) is 11.5 Å². The Balaban J connectivity index is 2.00. The van der Waals surface area contributed by atoms with Crippen LogP contribution in [0.2, 0.25) is 0 Å². The lowest BCUT2D eigenvalue weighted by molar-refractivity contribution is 0.403. The van der Waals surface area contributed by atoms with Gasteiger partial charge in [-0.25, -0.2) is 21.8 Å². The summed E-state index contributed by atoms with van der Waals surface area (Å²) in [5.74, 6) is 0.00757. The van der Waals surface area contributed by atoms with Crippen LogP contribution in [-0.2, 0) is 25.6 Å². The van der Waals surface area contributed by atoms with Crippen LogP contribution >= 0.6 is 11.3 Å². The maximum absolute atomic E-state index is 13.1. The third kappa shape index (κ3) is 5.22. The third-order valence-corrected chi connectivity index (χ3v) is 9.62. The molecule has 0 saturated carbocycles. The van der Waals surface area contributed by atoms with Crippen molar-refractivity contribution in [3.8, 4) is 21.9 Å². The molecule has 0 unspecified atom stereocenters. The van der Waals surface area contributed by atoms with Crippen molar-refractivity contribution in [2.75, 3.05) is 11.8 Å². The van der Waals surface area contributed by atoms with Crippen molar-refractivity contribution < 1.29 is 26.7 Å². The van der Waals surface area contributed by atoms with Crippen LogP contribution in [0, 0.1) is 6.92 Å². The van der Waals surface area contributed by atoms with E-state index in [1.165, 1.54) is 48.8 Å². The SMILES string of the molecule is COc1ccc(-c2sc(CS(=O)(=O)C(C)C)nc2C)cc1S(=O)(=O)Nc1ccc(O)cc1. The first-order valence-electron chi connectivity index (χ1n) is 9.61. The fraction of sp³-hybridized carbons (Fsp3) is 0.286. The molecule has 0 saturated heterocycles. The second-order valence-electron chi connectivity index (χ2n) is 7.40. The monoisotopic (exact) mass is 496 g/mol. The molecule has 1 heterocycles. The highest BCUT2D eigenvalue weighted by molar-refractivity contribution is 7.92. The average Bonchev–Trinajstić information content (AvgIpc) is 3.08. The summed E-state index contributed by atoms with van der Waals surface area (Å²) in [6, 6.07) is 10.4. The predicted molar refractivity (Wildman–Crippen MR) is 126 cm³/mol. The van der Waals surface area contributed by atoms with E-state index in [1.807, 2.05) is 0 Å². The van der Waals surface area contributed by atoms with Crippen molar-refractivity contribution in [1.82, 2.24) is 4.98 Å². The van der Waals surface area contributed by atoms with Crippen LogP contribution in [0.25, 0.3) is 10.4 Å². The molecule has 0 radical (unpaired) electrons. The lowest BCUT2D eigenvalue weighted by Crippen LogP contribution is -2.15. The number of aromatic nitrogens is 1. The molecule has 2 aromatic carbocycles. The normalized spacial score (nSPS) is 12.2. The Labute approximate surface area is 191 Å². The Morgan fingerprint density at radius 1 is 1.09 bits per heavy atom. The molecule has 0 aliphatic rings. The van der Waals surface area contributed by atoms with Gasteiger partial charge in [0.05, 0.1) is 22.9 Å². The summed E-state index contributed by atoms with van der Waals surface area (Å²) >= 11 is 1.22. The zero-order valence-corrected chi connectivity index (χ0v) is 20.4. The minimum Gasteiger partial charge on any atom is -0.508 e. The highest BCUT2D eigenvalue weighted by Gasteiger charge is 2.24. The molecule has 172 valence electrons. The number of hydrogen-bond donors (Lipinski definition) is 2. The summed E-state index contributed by atoms with van der Waals surface area (Å²) in [6.07, 6.45) is 0. The summed E-state index contributed by atoms with van der Waals surface area (Å²) in [4.78, 5) is 4.99. The maximum Gasteiger partial charge on any atom is 0.265 e. The summed E-state index contributed by atoms with van der Waals surface area (Å²) < 4.78 is 58.4. The van der Waals surface area contributed by atoms with E-state index in [1.54, 1.807) is 32.9 Å². The Morgan fingerprint density at radius 2 is 1.75 bits per heavy atom. The van der Waals surface area contributed by atoms with E-state index in [-0.39, 0.29) is 27.8 Å². The van der Waals surface area contributed by atoms with Crippen LogP contribution in [0.15, 0.2) is 47.4 Å². The third-order valence-electron chi connectivity index (χ3n) is 4.72. The Hall–Kier alpha value is -2.63. The van der Waals surface area contributed by atoms with Crippen molar-refractivity contribution in [1.29, 1.82) is 0 Å². The van der Waals surface area contributed by atoms with Crippen molar-refractivity contribution in [2.45, 2.75) is 36.7 Å². The van der Waals surface area contributed by atoms with Gasteiger partial charge in [-0.05, 0) is 68.8 Å². The van der Waals surface area contributed by atoms with Gasteiger partial charge in [0.15, 0.2) is 9.84 Å². The lowest BCUT2D eigenvalue weighted by atomic mass is 10.1. The number of benzene rings is 2. The summed E-state index contributed by atoms with van der Waals surface area (Å²) in [5.41, 5.74) is 1.48. The number of anilines is 1. The van der Waals surface area contributed by atoms with E-state index in [4.69, 9.17) is 4.74 Å². The fourth-order valence-electron chi connectivity index (χ4n) is 2.89. The largest absolute Gasteiger partial charge is 0.508 e. The summed E-state index contributed by atoms with van der Waals surface area (Å²) in [5, 5.41) is 9.34. The van der Waals surface area contributed by atoms with Gasteiger partial charge < -0.3 is 9.84 Å². The van der Waals surface area contributed by atoms with Gasteiger partial charge in [-0.2, -0.15) is 0 Å². The quantitative estimate of drug-likeness (QED) is 0.453. The number of thiazole rings is 1. The van der Waals surface area contributed by atoms with Gasteiger partial charge in [-0.1, -0.05) is 0 Å². The number of aryl methyl sites for hydroxylation is 1. The molecule has 32 heavy (non-hydrogen) atoms. The van der Waals surface area contributed by atoms with E-state index in [0.29, 0.717) is 21.1 Å². The summed E-state index contributed by atoms with van der Waals surface area (Å²) in [7, 11) is -5.95. The van der Waals surface area contributed by atoms with Gasteiger partial charge in [0.1, 0.15) is 27.2 Å². The topological polar surface area (TPSA) is 123 Å². The van der Waals surface area contributed by atoms with Crippen molar-refractivity contribution in [3.05, 3.63) is 53.2 Å². The van der Waals surface area contributed by atoms with Crippen LogP contribution in [-0.4, -0.2) is 39.3 Å². The smallest absolute Gasteiger partial charge is 0.265 e. The number of nitrogens with one attached hydrogen (secondary N) is 1. The standard InChI is InChI=1S/C21H24N2O6S3/c1-13(2)31(25,26)12-20-22-14(3)21(30-20)15-5-10-18(29-4)19(11-15)32(27,28)23-16-6-8-17(24)9-7-16/h5-11,13,23-24H,12H2,1-4H3. The second-order valence-corrected chi connectivity index (χ2v) is 12.7. The molecule has 3 rings (SSSR count). The molecule has 0 fully saturated rings. The number of phenols is 1. The Bertz CT molecular complexity index is 1330. The first kappa shape index (κ1) is 24.0. The first-order chi connectivity index (χ1) is 14.9. The molecular weight excluding hydrogens is 472 g/mol. The number of hydrogen-bond acceptors (Lipinski definition) is 8. The zero-order valence-electron chi connectivity index (χ0n) is 18.0. The Kier molecular flexibility index (Phi) is 6.82. The van der Waals surface area contributed by atoms with Crippen LogP contribution in [0.3, 0.4) is 0 Å². The average molecular weight is 497 g/mol. The Morgan fingerprint density at radius 3 is 2.34 bits per heavy atom. The van der Waals surface area contributed by atoms with Crippen molar-refractivity contribution >= 4 is 36.9 Å². The molecule has 8 nitrogen and oxygen atoms in total. The number of sulfonamides is 1. The number of rotatable bonds is 8. The van der Waals surface area contributed by atoms with E-state index in [9.17, 15) is 21.9 Å². The number of nitrogens with zero attached hydrogens (tertiary/aromatic N) is 1. The minimum atomic E-state index is -4.01. The van der Waals surface area contributed by atoms with Crippen LogP contribution in [0.1, 0.15) is 24.5 Å².